The molecule has 2 heterocycles. The van der Waals surface area contributed by atoms with Crippen LogP contribution in [-0.2, 0) is 0 Å². The SMILES string of the molecule is O=C(Nc1c(F)c(F)c(F)c(F)c1F)c1cc(-c2ccco2)nc2ccccc12. The van der Waals surface area contributed by atoms with Crippen LogP contribution in [0.4, 0.5) is 27.6 Å². The fourth-order valence-electron chi connectivity index (χ4n) is 2.81. The van der Waals surface area contributed by atoms with E-state index in [1.54, 1.807) is 35.6 Å². The van der Waals surface area contributed by atoms with Crippen LogP contribution < -0.4 is 5.32 Å². The average molecular weight is 404 g/mol. The van der Waals surface area contributed by atoms with Crippen molar-refractivity contribution >= 4 is 22.5 Å². The first-order chi connectivity index (χ1) is 13.9. The number of anilines is 1. The second-order valence-electron chi connectivity index (χ2n) is 5.95. The number of nitrogens with one attached hydrogen (secondary N) is 1. The van der Waals surface area contributed by atoms with Gasteiger partial charge >= 0.3 is 0 Å². The second-order valence-corrected chi connectivity index (χ2v) is 5.95. The number of hydrogen-bond acceptors (Lipinski definition) is 3. The molecule has 0 atom stereocenters. The monoisotopic (exact) mass is 404 g/mol. The standard InChI is InChI=1S/C20H9F5N2O2/c21-14-15(22)17(24)19(18(25)16(14)23)27-20(28)10-8-12(13-6-3-7-29-13)26-11-5-2-1-4-9(10)11/h1-8H,(H,27,28). The Bertz CT molecular complexity index is 1230. The fourth-order valence-corrected chi connectivity index (χ4v) is 2.81. The molecule has 4 aromatic rings. The highest BCUT2D eigenvalue weighted by atomic mass is 19.2. The molecule has 0 spiro atoms. The number of fused-ring (bicyclic) bond motifs is 1. The number of halogens is 5. The molecule has 4 rings (SSSR count). The van der Waals surface area contributed by atoms with Gasteiger partial charge in [-0.15, -0.1) is 0 Å². The molecule has 0 aliphatic carbocycles. The number of aromatic nitrogens is 1. The highest BCUT2D eigenvalue weighted by Crippen LogP contribution is 2.29. The summed E-state index contributed by atoms with van der Waals surface area (Å²) < 4.78 is 73.2. The van der Waals surface area contributed by atoms with Gasteiger partial charge < -0.3 is 9.73 Å². The first-order valence-electron chi connectivity index (χ1n) is 8.15. The number of para-hydroxylation sites is 1. The molecular formula is C20H9F5N2O2. The van der Waals surface area contributed by atoms with Crippen LogP contribution in [0.15, 0.2) is 53.1 Å². The molecule has 0 aliphatic heterocycles. The minimum Gasteiger partial charge on any atom is -0.463 e. The lowest BCUT2D eigenvalue weighted by Crippen LogP contribution is -2.17. The van der Waals surface area contributed by atoms with E-state index < -0.39 is 40.7 Å². The maximum Gasteiger partial charge on any atom is 0.256 e. The summed E-state index contributed by atoms with van der Waals surface area (Å²) in [7, 11) is 0. The van der Waals surface area contributed by atoms with Crippen molar-refractivity contribution in [3.05, 3.63) is 83.4 Å². The molecule has 2 aromatic heterocycles. The van der Waals surface area contributed by atoms with E-state index >= 15 is 0 Å². The van der Waals surface area contributed by atoms with Gasteiger partial charge in [-0.1, -0.05) is 18.2 Å². The molecule has 0 unspecified atom stereocenters. The molecule has 9 heteroatoms. The fraction of sp³-hybridized carbons (Fsp3) is 0. The van der Waals surface area contributed by atoms with Gasteiger partial charge in [-0.3, -0.25) is 4.79 Å². The van der Waals surface area contributed by atoms with Crippen LogP contribution in [-0.4, -0.2) is 10.9 Å². The molecule has 0 radical (unpaired) electrons. The maximum absolute atomic E-state index is 13.9. The highest BCUT2D eigenvalue weighted by Gasteiger charge is 2.27. The number of hydrogen-bond donors (Lipinski definition) is 1. The molecule has 0 saturated carbocycles. The lowest BCUT2D eigenvalue weighted by Gasteiger charge is -2.12. The Labute approximate surface area is 159 Å². The quantitative estimate of drug-likeness (QED) is 0.281. The Kier molecular flexibility index (Phi) is 4.50. The lowest BCUT2D eigenvalue weighted by molar-refractivity contribution is 0.102. The van der Waals surface area contributed by atoms with Crippen molar-refractivity contribution < 1.29 is 31.2 Å². The van der Waals surface area contributed by atoms with Crippen molar-refractivity contribution in [1.29, 1.82) is 0 Å². The van der Waals surface area contributed by atoms with Gasteiger partial charge in [0.25, 0.3) is 5.91 Å². The van der Waals surface area contributed by atoms with Crippen LogP contribution in [0.2, 0.25) is 0 Å². The summed E-state index contributed by atoms with van der Waals surface area (Å²) in [5, 5.41) is 2.08. The third kappa shape index (κ3) is 3.10. The molecule has 29 heavy (non-hydrogen) atoms. The van der Waals surface area contributed by atoms with Crippen molar-refractivity contribution in [2.24, 2.45) is 0 Å². The highest BCUT2D eigenvalue weighted by molar-refractivity contribution is 6.13. The maximum atomic E-state index is 13.9. The number of benzene rings is 2. The van der Waals surface area contributed by atoms with Gasteiger partial charge in [0.15, 0.2) is 29.0 Å². The number of furan rings is 1. The summed E-state index contributed by atoms with van der Waals surface area (Å²) in [6, 6.07) is 10.9. The minimum atomic E-state index is -2.31. The lowest BCUT2D eigenvalue weighted by atomic mass is 10.1. The van der Waals surface area contributed by atoms with Gasteiger partial charge in [0, 0.05) is 5.39 Å². The summed E-state index contributed by atoms with van der Waals surface area (Å²) in [6.45, 7) is 0. The summed E-state index contributed by atoms with van der Waals surface area (Å²) in [6.07, 6.45) is 1.39. The molecule has 146 valence electrons. The number of rotatable bonds is 3. The molecule has 0 fully saturated rings. The van der Waals surface area contributed by atoms with Crippen LogP contribution in [0.5, 0.6) is 0 Å². The third-order valence-corrected chi connectivity index (χ3v) is 4.18. The van der Waals surface area contributed by atoms with Gasteiger partial charge in [-0.25, -0.2) is 26.9 Å². The first kappa shape index (κ1) is 18.6. The van der Waals surface area contributed by atoms with Gasteiger partial charge in [0.2, 0.25) is 5.82 Å². The Balaban J connectivity index is 1.85. The van der Waals surface area contributed by atoms with E-state index in [0.717, 1.165) is 0 Å². The molecular weight excluding hydrogens is 395 g/mol. The van der Waals surface area contributed by atoms with Crippen molar-refractivity contribution in [3.63, 3.8) is 0 Å². The summed E-state index contributed by atoms with van der Waals surface area (Å²) in [5.41, 5.74) is -0.919. The largest absolute Gasteiger partial charge is 0.463 e. The van der Waals surface area contributed by atoms with Crippen molar-refractivity contribution in [3.8, 4) is 11.5 Å². The zero-order valence-electron chi connectivity index (χ0n) is 14.3. The Hall–Kier alpha value is -3.75. The molecule has 4 nitrogen and oxygen atoms in total. The van der Waals surface area contributed by atoms with E-state index in [2.05, 4.69) is 4.98 Å². The molecule has 1 amide bonds. The predicted molar refractivity (Wildman–Crippen MR) is 93.6 cm³/mol. The van der Waals surface area contributed by atoms with Crippen molar-refractivity contribution in [1.82, 2.24) is 4.98 Å². The normalized spacial score (nSPS) is 11.1. The zero-order chi connectivity index (χ0) is 20.7. The van der Waals surface area contributed by atoms with Crippen LogP contribution in [0.3, 0.4) is 0 Å². The van der Waals surface area contributed by atoms with Crippen LogP contribution >= 0.6 is 0 Å². The Morgan fingerprint density at radius 1 is 0.862 bits per heavy atom. The Morgan fingerprint density at radius 3 is 2.17 bits per heavy atom. The molecule has 0 bridgehead atoms. The van der Waals surface area contributed by atoms with Gasteiger partial charge in [-0.2, -0.15) is 0 Å². The smallest absolute Gasteiger partial charge is 0.256 e. The van der Waals surface area contributed by atoms with Gasteiger partial charge in [0.05, 0.1) is 17.3 Å². The number of pyridine rings is 1. The minimum absolute atomic E-state index is 0.0917. The van der Waals surface area contributed by atoms with Crippen LogP contribution in [0.25, 0.3) is 22.4 Å². The summed E-state index contributed by atoms with van der Waals surface area (Å²) in [4.78, 5) is 17.1. The summed E-state index contributed by atoms with van der Waals surface area (Å²) >= 11 is 0. The topological polar surface area (TPSA) is 55.1 Å². The predicted octanol–water partition coefficient (Wildman–Crippen LogP) is 5.44. The van der Waals surface area contributed by atoms with Gasteiger partial charge in [-0.05, 0) is 24.3 Å². The molecule has 1 N–H and O–H groups in total. The molecule has 0 aliphatic rings. The second kappa shape index (κ2) is 7.01. The molecule has 0 saturated heterocycles. The zero-order valence-corrected chi connectivity index (χ0v) is 14.3. The van der Waals surface area contributed by atoms with E-state index in [0.29, 0.717) is 16.7 Å². The van der Waals surface area contributed by atoms with E-state index in [-0.39, 0.29) is 11.3 Å². The van der Waals surface area contributed by atoms with Gasteiger partial charge in [0.1, 0.15) is 11.4 Å². The molecule has 2 aromatic carbocycles. The number of nitrogens with zero attached hydrogens (tertiary/aromatic N) is 1. The van der Waals surface area contributed by atoms with Crippen LogP contribution in [0.1, 0.15) is 10.4 Å². The first-order valence-corrected chi connectivity index (χ1v) is 8.15. The number of amides is 1. The number of carbonyl (C=O) groups excluding carboxylic acids is 1. The average Bonchev–Trinajstić information content (AvgIpc) is 3.28. The van der Waals surface area contributed by atoms with E-state index in [4.69, 9.17) is 4.42 Å². The van der Waals surface area contributed by atoms with Crippen molar-refractivity contribution in [2.45, 2.75) is 0 Å². The Morgan fingerprint density at radius 2 is 1.52 bits per heavy atom. The van der Waals surface area contributed by atoms with Crippen LogP contribution in [0, 0.1) is 29.1 Å². The van der Waals surface area contributed by atoms with Crippen molar-refractivity contribution in [2.75, 3.05) is 5.32 Å². The van der Waals surface area contributed by atoms with E-state index in [1.807, 2.05) is 0 Å². The summed E-state index contributed by atoms with van der Waals surface area (Å²) in [5.74, 6) is -11.7. The number of carbonyl (C=O) groups is 1. The third-order valence-electron chi connectivity index (χ3n) is 4.18. The van der Waals surface area contributed by atoms with E-state index in [9.17, 15) is 26.7 Å². The van der Waals surface area contributed by atoms with E-state index in [1.165, 1.54) is 18.4 Å².